The van der Waals surface area contributed by atoms with Gasteiger partial charge in [-0.3, -0.25) is 0 Å². The third kappa shape index (κ3) is 4.66. The molecule has 0 aliphatic heterocycles. The van der Waals surface area contributed by atoms with E-state index < -0.39 is 17.6 Å². The van der Waals surface area contributed by atoms with Gasteiger partial charge >= 0.3 is 12.2 Å². The van der Waals surface area contributed by atoms with Gasteiger partial charge in [-0.15, -0.1) is 0 Å². The summed E-state index contributed by atoms with van der Waals surface area (Å²) in [6.45, 7) is 0.139. The van der Waals surface area contributed by atoms with Crippen molar-refractivity contribution in [2.45, 2.75) is 12.8 Å². The maximum absolute atomic E-state index is 13.3. The Morgan fingerprint density at radius 1 is 1.00 bits per heavy atom. The van der Waals surface area contributed by atoms with Crippen molar-refractivity contribution in [3.05, 3.63) is 71.9 Å². The normalized spacial score (nSPS) is 11.1. The van der Waals surface area contributed by atoms with E-state index in [1.54, 1.807) is 24.3 Å². The minimum atomic E-state index is -4.62. The number of aromatic nitrogens is 2. The quantitative estimate of drug-likeness (QED) is 0.669. The van der Waals surface area contributed by atoms with Gasteiger partial charge in [0.25, 0.3) is 0 Å². The van der Waals surface area contributed by atoms with Gasteiger partial charge in [0.2, 0.25) is 0 Å². The van der Waals surface area contributed by atoms with Crippen molar-refractivity contribution in [1.29, 1.82) is 0 Å². The summed E-state index contributed by atoms with van der Waals surface area (Å²) < 4.78 is 50.6. The van der Waals surface area contributed by atoms with E-state index in [0.717, 1.165) is 5.56 Å². The summed E-state index contributed by atoms with van der Waals surface area (Å²) in [4.78, 5) is 7.59. The van der Waals surface area contributed by atoms with Gasteiger partial charge in [0.1, 0.15) is 23.7 Å². The molecular weight excluding hydrogens is 359 g/mol. The van der Waals surface area contributed by atoms with Crippen LogP contribution in [-0.4, -0.2) is 17.1 Å². The van der Waals surface area contributed by atoms with Gasteiger partial charge in [0, 0.05) is 6.20 Å². The van der Waals surface area contributed by atoms with Crippen LogP contribution < -0.4 is 14.8 Å². The summed E-state index contributed by atoms with van der Waals surface area (Å²) in [7, 11) is 1.43. The van der Waals surface area contributed by atoms with Crippen LogP contribution >= 0.6 is 0 Å². The van der Waals surface area contributed by atoms with Crippen LogP contribution in [0.25, 0.3) is 0 Å². The number of anilines is 2. The zero-order valence-electron chi connectivity index (χ0n) is 14.3. The lowest BCUT2D eigenvalue weighted by molar-refractivity contribution is -0.137. The number of para-hydroxylation sites is 2. The molecular formula is C19H16F3N3O2. The first kappa shape index (κ1) is 18.5. The van der Waals surface area contributed by atoms with E-state index in [9.17, 15) is 13.2 Å². The largest absolute Gasteiger partial charge is 0.495 e. The Morgan fingerprint density at radius 3 is 2.41 bits per heavy atom. The van der Waals surface area contributed by atoms with Crippen LogP contribution in [0.4, 0.5) is 24.7 Å². The predicted octanol–water partition coefficient (Wildman–Crippen LogP) is 4.83. The number of benzene rings is 2. The fourth-order valence-electron chi connectivity index (χ4n) is 2.34. The lowest BCUT2D eigenvalue weighted by Gasteiger charge is -2.16. The Hall–Kier alpha value is -3.29. The Kier molecular flexibility index (Phi) is 5.44. The molecule has 0 unspecified atom stereocenters. The fraction of sp³-hybridized carbons (Fsp3) is 0.158. The highest BCUT2D eigenvalue weighted by Crippen LogP contribution is 2.36. The van der Waals surface area contributed by atoms with E-state index in [-0.39, 0.29) is 12.6 Å². The van der Waals surface area contributed by atoms with Crippen LogP contribution in [0.5, 0.6) is 11.8 Å². The van der Waals surface area contributed by atoms with E-state index in [1.165, 1.54) is 7.11 Å². The number of halogens is 3. The third-order valence-electron chi connectivity index (χ3n) is 3.64. The minimum Gasteiger partial charge on any atom is -0.495 e. The Morgan fingerprint density at radius 2 is 1.70 bits per heavy atom. The minimum absolute atomic E-state index is 0.139. The molecule has 0 amide bonds. The maximum Gasteiger partial charge on any atom is 0.421 e. The lowest BCUT2D eigenvalue weighted by atomic mass is 10.2. The van der Waals surface area contributed by atoms with Gasteiger partial charge in [0.15, 0.2) is 0 Å². The first-order valence-corrected chi connectivity index (χ1v) is 7.98. The molecule has 0 aliphatic rings. The highest BCUT2D eigenvalue weighted by Gasteiger charge is 2.35. The molecule has 1 aromatic heterocycles. The molecule has 140 valence electrons. The van der Waals surface area contributed by atoms with Gasteiger partial charge in [0.05, 0.1) is 12.8 Å². The molecule has 1 N–H and O–H groups in total. The van der Waals surface area contributed by atoms with Crippen LogP contribution in [0.1, 0.15) is 11.1 Å². The Bertz CT molecular complexity index is 902. The number of rotatable bonds is 6. The molecule has 0 saturated heterocycles. The second-order valence-electron chi connectivity index (χ2n) is 5.51. The van der Waals surface area contributed by atoms with Crippen molar-refractivity contribution in [2.24, 2.45) is 0 Å². The molecule has 0 saturated carbocycles. The molecule has 0 bridgehead atoms. The summed E-state index contributed by atoms with van der Waals surface area (Å²) in [5.74, 6) is -0.0268. The number of hydrogen-bond acceptors (Lipinski definition) is 5. The van der Waals surface area contributed by atoms with E-state index >= 15 is 0 Å². The first-order valence-electron chi connectivity index (χ1n) is 7.98. The molecule has 0 spiro atoms. The third-order valence-corrected chi connectivity index (χ3v) is 3.64. The van der Waals surface area contributed by atoms with E-state index in [4.69, 9.17) is 9.47 Å². The summed E-state index contributed by atoms with van der Waals surface area (Å²) in [5.41, 5.74) is 0.193. The monoisotopic (exact) mass is 375 g/mol. The second kappa shape index (κ2) is 7.94. The molecule has 3 aromatic rings. The van der Waals surface area contributed by atoms with Crippen LogP contribution in [0.2, 0.25) is 0 Å². The van der Waals surface area contributed by atoms with Crippen LogP contribution in [-0.2, 0) is 12.8 Å². The summed E-state index contributed by atoms with van der Waals surface area (Å²) in [5, 5.41) is 2.66. The van der Waals surface area contributed by atoms with E-state index in [2.05, 4.69) is 15.3 Å². The van der Waals surface area contributed by atoms with Gasteiger partial charge in [-0.25, -0.2) is 4.98 Å². The topological polar surface area (TPSA) is 56.3 Å². The zero-order valence-corrected chi connectivity index (χ0v) is 14.3. The molecule has 3 rings (SSSR count). The number of methoxy groups -OCH3 is 1. The van der Waals surface area contributed by atoms with E-state index in [0.29, 0.717) is 17.6 Å². The molecule has 27 heavy (non-hydrogen) atoms. The Balaban J connectivity index is 1.89. The van der Waals surface area contributed by atoms with Crippen molar-refractivity contribution >= 4 is 11.5 Å². The number of ether oxygens (including phenoxy) is 2. The molecule has 5 nitrogen and oxygen atoms in total. The molecule has 2 aromatic carbocycles. The van der Waals surface area contributed by atoms with Crippen molar-refractivity contribution in [3.8, 4) is 11.8 Å². The molecule has 1 heterocycles. The molecule has 0 atom stereocenters. The molecule has 0 radical (unpaired) electrons. The van der Waals surface area contributed by atoms with E-state index in [1.807, 2.05) is 30.3 Å². The highest BCUT2D eigenvalue weighted by atomic mass is 19.4. The predicted molar refractivity (Wildman–Crippen MR) is 94.1 cm³/mol. The molecule has 8 heteroatoms. The van der Waals surface area contributed by atoms with Gasteiger partial charge in [-0.05, 0) is 17.7 Å². The number of hydrogen-bond donors (Lipinski definition) is 1. The summed E-state index contributed by atoms with van der Waals surface area (Å²) in [6, 6.07) is 15.6. The smallest absolute Gasteiger partial charge is 0.421 e. The van der Waals surface area contributed by atoms with Gasteiger partial charge < -0.3 is 14.8 Å². The van der Waals surface area contributed by atoms with Crippen LogP contribution in [0, 0.1) is 0 Å². The fourth-order valence-corrected chi connectivity index (χ4v) is 2.34. The van der Waals surface area contributed by atoms with Crippen molar-refractivity contribution in [2.75, 3.05) is 12.4 Å². The first-order chi connectivity index (χ1) is 13.0. The molecule has 0 aliphatic carbocycles. The van der Waals surface area contributed by atoms with Gasteiger partial charge in [-0.2, -0.15) is 18.2 Å². The summed E-state index contributed by atoms with van der Waals surface area (Å²) >= 11 is 0. The summed E-state index contributed by atoms with van der Waals surface area (Å²) in [6.07, 6.45) is -3.92. The standard InChI is InChI=1S/C19H16F3N3O2/c1-26-16-10-6-5-9-15(16)24-17-14(19(20,21)22)11-23-18(25-17)27-12-13-7-3-2-4-8-13/h2-11H,12H2,1H3,(H,23,24,25). The SMILES string of the molecule is COc1ccccc1Nc1nc(OCc2ccccc2)ncc1C(F)(F)F. The molecule has 0 fully saturated rings. The van der Waals surface area contributed by atoms with Crippen molar-refractivity contribution < 1.29 is 22.6 Å². The van der Waals surface area contributed by atoms with Crippen LogP contribution in [0.3, 0.4) is 0 Å². The average Bonchev–Trinajstić information content (AvgIpc) is 2.67. The number of nitrogens with one attached hydrogen (secondary N) is 1. The van der Waals surface area contributed by atoms with Crippen LogP contribution in [0.15, 0.2) is 60.8 Å². The average molecular weight is 375 g/mol. The van der Waals surface area contributed by atoms with Crippen molar-refractivity contribution in [3.63, 3.8) is 0 Å². The second-order valence-corrected chi connectivity index (χ2v) is 5.51. The maximum atomic E-state index is 13.3. The van der Waals surface area contributed by atoms with Gasteiger partial charge in [-0.1, -0.05) is 42.5 Å². The number of alkyl halides is 3. The van der Waals surface area contributed by atoms with Crippen molar-refractivity contribution in [1.82, 2.24) is 9.97 Å². The zero-order chi connectivity index (χ0) is 19.3. The lowest BCUT2D eigenvalue weighted by Crippen LogP contribution is -2.12. The highest BCUT2D eigenvalue weighted by molar-refractivity contribution is 5.66. The Labute approximate surface area is 153 Å². The number of nitrogens with zero attached hydrogens (tertiary/aromatic N) is 2.